The molecule has 3 rings (SSSR count). The maximum atomic E-state index is 13.1. The monoisotopic (exact) mass is 390 g/mol. The van der Waals surface area contributed by atoms with Gasteiger partial charge in [0.15, 0.2) is 6.29 Å². The summed E-state index contributed by atoms with van der Waals surface area (Å²) in [5.41, 5.74) is 0.909. The lowest BCUT2D eigenvalue weighted by molar-refractivity contribution is -0.215. The van der Waals surface area contributed by atoms with Crippen LogP contribution in [0.3, 0.4) is 0 Å². The highest BCUT2D eigenvalue weighted by Crippen LogP contribution is 2.40. The number of benzene rings is 1. The zero-order valence-electron chi connectivity index (χ0n) is 17.9. The van der Waals surface area contributed by atoms with E-state index >= 15 is 0 Å². The van der Waals surface area contributed by atoms with Gasteiger partial charge in [0.05, 0.1) is 13.2 Å². The van der Waals surface area contributed by atoms with Gasteiger partial charge in [-0.1, -0.05) is 77.3 Å². The van der Waals surface area contributed by atoms with Gasteiger partial charge < -0.3 is 9.47 Å². The molecule has 1 unspecified atom stereocenters. The average Bonchev–Trinajstić information content (AvgIpc) is 2.74. The highest BCUT2D eigenvalue weighted by Gasteiger charge is 2.33. The molecule has 158 valence electrons. The van der Waals surface area contributed by atoms with Crippen molar-refractivity contribution < 1.29 is 13.9 Å². The maximum Gasteiger partial charge on any atom is 0.183 e. The van der Waals surface area contributed by atoms with E-state index in [1.165, 1.54) is 76.3 Å². The molecule has 0 bridgehead atoms. The lowest BCUT2D eigenvalue weighted by Crippen LogP contribution is -2.35. The van der Waals surface area contributed by atoms with Gasteiger partial charge in [0.1, 0.15) is 5.82 Å². The molecule has 2 fully saturated rings. The smallest absolute Gasteiger partial charge is 0.183 e. The van der Waals surface area contributed by atoms with Gasteiger partial charge >= 0.3 is 0 Å². The van der Waals surface area contributed by atoms with Crippen LogP contribution in [0.15, 0.2) is 24.3 Å². The van der Waals surface area contributed by atoms with E-state index in [9.17, 15) is 4.39 Å². The highest BCUT2D eigenvalue weighted by molar-refractivity contribution is 5.17. The molecule has 1 saturated carbocycles. The largest absolute Gasteiger partial charge is 0.348 e. The summed E-state index contributed by atoms with van der Waals surface area (Å²) in [7, 11) is 0. The Hall–Kier alpha value is -0.930. The first-order valence-corrected chi connectivity index (χ1v) is 11.7. The summed E-state index contributed by atoms with van der Waals surface area (Å²) in [5.74, 6) is 2.69. The first-order chi connectivity index (χ1) is 13.7. The van der Waals surface area contributed by atoms with Crippen LogP contribution in [0, 0.1) is 29.5 Å². The van der Waals surface area contributed by atoms with Crippen molar-refractivity contribution in [1.29, 1.82) is 0 Å². The molecule has 2 nitrogen and oxygen atoms in total. The third-order valence-electron chi connectivity index (χ3n) is 7.16. The van der Waals surface area contributed by atoms with Gasteiger partial charge in [-0.2, -0.15) is 0 Å². The van der Waals surface area contributed by atoms with Crippen LogP contribution in [0.1, 0.15) is 89.9 Å². The van der Waals surface area contributed by atoms with Gasteiger partial charge in [-0.05, 0) is 42.7 Å². The number of ether oxygens (including phenoxy) is 2. The third-order valence-corrected chi connectivity index (χ3v) is 7.16. The number of hydrogen-bond acceptors (Lipinski definition) is 2. The van der Waals surface area contributed by atoms with Gasteiger partial charge in [0.2, 0.25) is 0 Å². The summed E-state index contributed by atoms with van der Waals surface area (Å²) in [6.45, 7) is 6.18. The molecule has 1 aromatic carbocycles. The molecule has 1 atom stereocenters. The number of hydrogen-bond donors (Lipinski definition) is 0. The van der Waals surface area contributed by atoms with Gasteiger partial charge in [-0.25, -0.2) is 4.39 Å². The summed E-state index contributed by atoms with van der Waals surface area (Å²) in [4.78, 5) is 0. The molecule has 2 aliphatic rings. The third kappa shape index (κ3) is 6.29. The Labute approximate surface area is 171 Å². The fraction of sp³-hybridized carbons (Fsp3) is 0.760. The molecular weight excluding hydrogens is 351 g/mol. The predicted octanol–water partition coefficient (Wildman–Crippen LogP) is 7.29. The molecule has 28 heavy (non-hydrogen) atoms. The van der Waals surface area contributed by atoms with E-state index < -0.39 is 0 Å². The summed E-state index contributed by atoms with van der Waals surface area (Å²) in [6.07, 6.45) is 13.7. The van der Waals surface area contributed by atoms with Gasteiger partial charge in [0, 0.05) is 11.5 Å². The molecule has 1 heterocycles. The van der Waals surface area contributed by atoms with Gasteiger partial charge in [0.25, 0.3) is 0 Å². The van der Waals surface area contributed by atoms with Crippen molar-refractivity contribution in [2.75, 3.05) is 13.2 Å². The lowest BCUT2D eigenvalue weighted by Gasteiger charge is -2.39. The summed E-state index contributed by atoms with van der Waals surface area (Å²) in [5, 5.41) is 0. The molecule has 0 radical (unpaired) electrons. The van der Waals surface area contributed by atoms with Crippen LogP contribution >= 0.6 is 0 Å². The van der Waals surface area contributed by atoms with Crippen molar-refractivity contribution in [3.63, 3.8) is 0 Å². The summed E-state index contributed by atoms with van der Waals surface area (Å²) < 4.78 is 25.1. The molecule has 1 aromatic rings. The van der Waals surface area contributed by atoms with Crippen molar-refractivity contribution in [3.8, 4) is 0 Å². The van der Waals surface area contributed by atoms with Gasteiger partial charge in [-0.3, -0.25) is 0 Å². The second kappa shape index (κ2) is 11.3. The first-order valence-electron chi connectivity index (χ1n) is 11.7. The van der Waals surface area contributed by atoms with Crippen molar-refractivity contribution in [2.24, 2.45) is 23.7 Å². The predicted molar refractivity (Wildman–Crippen MR) is 113 cm³/mol. The second-order valence-electron chi connectivity index (χ2n) is 9.15. The Morgan fingerprint density at radius 3 is 2.18 bits per heavy atom. The first kappa shape index (κ1) is 21.8. The Bertz CT molecular complexity index is 542. The van der Waals surface area contributed by atoms with E-state index in [0.29, 0.717) is 11.8 Å². The van der Waals surface area contributed by atoms with E-state index in [2.05, 4.69) is 13.8 Å². The molecule has 1 aliphatic heterocycles. The van der Waals surface area contributed by atoms with Crippen LogP contribution in [0.5, 0.6) is 0 Å². The normalized spacial score (nSPS) is 29.5. The maximum absolute atomic E-state index is 13.1. The molecular formula is C25H39FO2. The van der Waals surface area contributed by atoms with E-state index in [4.69, 9.17) is 9.47 Å². The zero-order valence-corrected chi connectivity index (χ0v) is 17.9. The molecule has 0 spiro atoms. The van der Waals surface area contributed by atoms with E-state index in [1.807, 2.05) is 0 Å². The average molecular weight is 391 g/mol. The fourth-order valence-corrected chi connectivity index (χ4v) is 5.06. The Kier molecular flexibility index (Phi) is 8.79. The summed E-state index contributed by atoms with van der Waals surface area (Å²) >= 11 is 0. The van der Waals surface area contributed by atoms with Crippen LogP contribution in [-0.4, -0.2) is 13.2 Å². The molecule has 0 N–H and O–H groups in total. The molecule has 3 heteroatoms. The van der Waals surface area contributed by atoms with Crippen molar-refractivity contribution >= 4 is 0 Å². The SMILES string of the molecule is CCCCCCCC1CCC(C(C)C2COC(c3ccc(F)cc3)OC2)CC1. The summed E-state index contributed by atoms with van der Waals surface area (Å²) in [6, 6.07) is 6.46. The van der Waals surface area contributed by atoms with E-state index in [-0.39, 0.29) is 12.1 Å². The number of halogens is 1. The molecule has 0 aromatic heterocycles. The van der Waals surface area contributed by atoms with E-state index in [1.54, 1.807) is 12.1 Å². The Morgan fingerprint density at radius 1 is 0.893 bits per heavy atom. The highest BCUT2D eigenvalue weighted by atomic mass is 19.1. The minimum Gasteiger partial charge on any atom is -0.348 e. The molecule has 1 aliphatic carbocycles. The number of rotatable bonds is 9. The van der Waals surface area contributed by atoms with Crippen molar-refractivity contribution in [3.05, 3.63) is 35.6 Å². The topological polar surface area (TPSA) is 18.5 Å². The lowest BCUT2D eigenvalue weighted by atomic mass is 9.71. The Morgan fingerprint density at radius 2 is 1.54 bits per heavy atom. The molecule has 0 amide bonds. The number of unbranched alkanes of at least 4 members (excludes halogenated alkanes) is 4. The van der Waals surface area contributed by atoms with Crippen LogP contribution in [0.25, 0.3) is 0 Å². The van der Waals surface area contributed by atoms with Crippen LogP contribution in [0.4, 0.5) is 4.39 Å². The Balaban J connectivity index is 1.35. The minimum absolute atomic E-state index is 0.220. The van der Waals surface area contributed by atoms with Crippen molar-refractivity contribution in [1.82, 2.24) is 0 Å². The van der Waals surface area contributed by atoms with Crippen LogP contribution in [-0.2, 0) is 9.47 Å². The standard InChI is InChI=1S/C25H39FO2/c1-3-4-5-6-7-8-20-9-11-21(12-10-20)19(2)23-17-27-25(28-18-23)22-13-15-24(26)16-14-22/h13-16,19-21,23,25H,3-12,17-18H2,1-2H3. The van der Waals surface area contributed by atoms with Crippen LogP contribution < -0.4 is 0 Å². The molecule has 1 saturated heterocycles. The zero-order chi connectivity index (χ0) is 19.8. The quantitative estimate of drug-likeness (QED) is 0.412. The fourth-order valence-electron chi connectivity index (χ4n) is 5.06. The van der Waals surface area contributed by atoms with Gasteiger partial charge in [-0.15, -0.1) is 0 Å². The minimum atomic E-state index is -0.340. The van der Waals surface area contributed by atoms with Crippen molar-refractivity contribution in [2.45, 2.75) is 84.3 Å². The van der Waals surface area contributed by atoms with Crippen LogP contribution in [0.2, 0.25) is 0 Å². The second-order valence-corrected chi connectivity index (χ2v) is 9.15. The van der Waals surface area contributed by atoms with E-state index in [0.717, 1.165) is 30.6 Å².